The summed E-state index contributed by atoms with van der Waals surface area (Å²) in [5.41, 5.74) is 2.33. The lowest BCUT2D eigenvalue weighted by Crippen LogP contribution is -2.41. The topological polar surface area (TPSA) is 75.7 Å². The van der Waals surface area contributed by atoms with Gasteiger partial charge in [-0.3, -0.25) is 4.79 Å². The molecule has 0 bridgehead atoms. The fourth-order valence-corrected chi connectivity index (χ4v) is 5.74. The molecule has 6 nitrogen and oxygen atoms in total. The Morgan fingerprint density at radius 3 is 2.21 bits per heavy atom. The van der Waals surface area contributed by atoms with E-state index in [0.29, 0.717) is 42.3 Å². The number of sulfonamides is 1. The van der Waals surface area contributed by atoms with Crippen molar-refractivity contribution < 1.29 is 17.9 Å². The number of benzene rings is 3. The quantitative estimate of drug-likeness (QED) is 0.548. The van der Waals surface area contributed by atoms with Gasteiger partial charge in [0.25, 0.3) is 0 Å². The van der Waals surface area contributed by atoms with E-state index in [0.717, 1.165) is 16.9 Å². The van der Waals surface area contributed by atoms with E-state index in [1.165, 1.54) is 4.31 Å². The number of hydrogen-bond acceptors (Lipinski definition) is 4. The Kier molecular flexibility index (Phi) is 6.81. The van der Waals surface area contributed by atoms with Gasteiger partial charge in [0.1, 0.15) is 11.5 Å². The molecule has 1 aliphatic rings. The highest BCUT2D eigenvalue weighted by atomic mass is 32.2. The largest absolute Gasteiger partial charge is 0.457 e. The molecule has 3 aromatic rings. The molecule has 1 fully saturated rings. The number of hydrogen-bond donors (Lipinski definition) is 1. The van der Waals surface area contributed by atoms with Crippen LogP contribution in [0, 0.1) is 19.8 Å². The zero-order valence-corrected chi connectivity index (χ0v) is 19.6. The highest BCUT2D eigenvalue weighted by Crippen LogP contribution is 2.28. The van der Waals surface area contributed by atoms with Gasteiger partial charge in [-0.1, -0.05) is 30.3 Å². The maximum atomic E-state index is 13.1. The third-order valence-corrected chi connectivity index (χ3v) is 7.93. The summed E-state index contributed by atoms with van der Waals surface area (Å²) >= 11 is 0. The summed E-state index contributed by atoms with van der Waals surface area (Å²) in [5, 5.41) is 2.94. The van der Waals surface area contributed by atoms with E-state index in [4.69, 9.17) is 4.74 Å². The Morgan fingerprint density at radius 1 is 0.909 bits per heavy atom. The molecule has 7 heteroatoms. The molecule has 1 heterocycles. The van der Waals surface area contributed by atoms with Crippen LogP contribution in [0.4, 0.5) is 5.69 Å². The molecule has 0 atom stereocenters. The number of nitrogens with zero attached hydrogens (tertiary/aromatic N) is 1. The number of para-hydroxylation sites is 1. The van der Waals surface area contributed by atoms with Gasteiger partial charge in [-0.15, -0.1) is 0 Å². The van der Waals surface area contributed by atoms with Crippen molar-refractivity contribution in [3.05, 3.63) is 83.9 Å². The average Bonchev–Trinajstić information content (AvgIpc) is 2.82. The first kappa shape index (κ1) is 23.0. The second-order valence-corrected chi connectivity index (χ2v) is 10.3. The lowest BCUT2D eigenvalue weighted by atomic mass is 9.97. The molecule has 0 aliphatic carbocycles. The summed E-state index contributed by atoms with van der Waals surface area (Å²) < 4.78 is 33.5. The summed E-state index contributed by atoms with van der Waals surface area (Å²) in [4.78, 5) is 13.1. The Balaban J connectivity index is 1.33. The van der Waals surface area contributed by atoms with Gasteiger partial charge in [0.15, 0.2) is 0 Å². The van der Waals surface area contributed by atoms with Crippen LogP contribution in [0.5, 0.6) is 11.5 Å². The molecule has 0 radical (unpaired) electrons. The number of amides is 1. The van der Waals surface area contributed by atoms with E-state index in [2.05, 4.69) is 5.32 Å². The molecular formula is C26H28N2O4S. The average molecular weight is 465 g/mol. The fourth-order valence-electron chi connectivity index (χ4n) is 3.96. The van der Waals surface area contributed by atoms with Crippen molar-refractivity contribution in [1.29, 1.82) is 0 Å². The van der Waals surface area contributed by atoms with E-state index in [1.54, 1.807) is 18.2 Å². The second-order valence-electron chi connectivity index (χ2n) is 8.38. The van der Waals surface area contributed by atoms with E-state index < -0.39 is 10.0 Å². The molecule has 172 valence electrons. The standard InChI is InChI=1S/C26H28N2O4S/c1-19-8-9-20(2)25(18-19)33(30,31)28-16-14-21(15-17-28)26(29)27-22-10-12-24(13-11-22)32-23-6-4-3-5-7-23/h3-13,18,21H,14-17H2,1-2H3,(H,27,29). The Labute approximate surface area is 195 Å². The number of carbonyl (C=O) groups is 1. The zero-order chi connectivity index (χ0) is 23.4. The molecule has 1 aliphatic heterocycles. The van der Waals surface area contributed by atoms with Crippen LogP contribution in [-0.4, -0.2) is 31.7 Å². The Hall–Kier alpha value is -3.16. The zero-order valence-electron chi connectivity index (χ0n) is 18.8. The summed E-state index contributed by atoms with van der Waals surface area (Å²) in [6, 6.07) is 22.2. The van der Waals surface area contributed by atoms with Gasteiger partial charge in [0.2, 0.25) is 15.9 Å². The molecule has 3 aromatic carbocycles. The van der Waals surface area contributed by atoms with Gasteiger partial charge in [-0.05, 0) is 80.3 Å². The number of aryl methyl sites for hydroxylation is 2. The molecule has 33 heavy (non-hydrogen) atoms. The summed E-state index contributed by atoms with van der Waals surface area (Å²) in [6.45, 7) is 4.35. The predicted octanol–water partition coefficient (Wildman–Crippen LogP) is 5.14. The van der Waals surface area contributed by atoms with E-state index in [9.17, 15) is 13.2 Å². The normalized spacial score (nSPS) is 15.2. The summed E-state index contributed by atoms with van der Waals surface area (Å²) in [7, 11) is -3.57. The fraction of sp³-hybridized carbons (Fsp3) is 0.269. The minimum Gasteiger partial charge on any atom is -0.457 e. The van der Waals surface area contributed by atoms with Crippen molar-refractivity contribution >= 4 is 21.6 Å². The molecule has 1 N–H and O–H groups in total. The number of nitrogens with one attached hydrogen (secondary N) is 1. The number of carbonyl (C=O) groups excluding carboxylic acids is 1. The van der Waals surface area contributed by atoms with Crippen molar-refractivity contribution in [3.63, 3.8) is 0 Å². The van der Waals surface area contributed by atoms with Gasteiger partial charge >= 0.3 is 0 Å². The molecular weight excluding hydrogens is 436 g/mol. The van der Waals surface area contributed by atoms with Crippen LogP contribution in [0.3, 0.4) is 0 Å². The van der Waals surface area contributed by atoms with Gasteiger partial charge in [-0.2, -0.15) is 4.31 Å². The van der Waals surface area contributed by atoms with Gasteiger partial charge in [0, 0.05) is 24.7 Å². The van der Waals surface area contributed by atoms with Crippen LogP contribution in [0.1, 0.15) is 24.0 Å². The number of rotatable bonds is 6. The van der Waals surface area contributed by atoms with Gasteiger partial charge in [0.05, 0.1) is 4.90 Å². The maximum absolute atomic E-state index is 13.1. The second kappa shape index (κ2) is 9.77. The third kappa shape index (κ3) is 5.43. The van der Waals surface area contributed by atoms with Crippen LogP contribution in [0.15, 0.2) is 77.7 Å². The van der Waals surface area contributed by atoms with Gasteiger partial charge in [-0.25, -0.2) is 8.42 Å². The smallest absolute Gasteiger partial charge is 0.243 e. The van der Waals surface area contributed by atoms with Crippen LogP contribution in [-0.2, 0) is 14.8 Å². The molecule has 0 aromatic heterocycles. The van der Waals surface area contributed by atoms with Crippen LogP contribution in [0.25, 0.3) is 0 Å². The third-order valence-electron chi connectivity index (χ3n) is 5.89. The summed E-state index contributed by atoms with van der Waals surface area (Å²) in [6.07, 6.45) is 0.982. The Morgan fingerprint density at radius 2 is 1.55 bits per heavy atom. The number of anilines is 1. The molecule has 0 spiro atoms. The van der Waals surface area contributed by atoms with Crippen LogP contribution < -0.4 is 10.1 Å². The molecule has 4 rings (SSSR count). The van der Waals surface area contributed by atoms with E-state index in [-0.39, 0.29) is 11.8 Å². The molecule has 1 saturated heterocycles. The van der Waals surface area contributed by atoms with Crippen molar-refractivity contribution in [2.24, 2.45) is 5.92 Å². The highest BCUT2D eigenvalue weighted by Gasteiger charge is 2.32. The van der Waals surface area contributed by atoms with E-state index >= 15 is 0 Å². The monoisotopic (exact) mass is 464 g/mol. The van der Waals surface area contributed by atoms with Crippen molar-refractivity contribution in [2.45, 2.75) is 31.6 Å². The van der Waals surface area contributed by atoms with Crippen molar-refractivity contribution in [2.75, 3.05) is 18.4 Å². The maximum Gasteiger partial charge on any atom is 0.243 e. The van der Waals surface area contributed by atoms with Crippen LogP contribution >= 0.6 is 0 Å². The van der Waals surface area contributed by atoms with E-state index in [1.807, 2.05) is 68.4 Å². The molecule has 0 unspecified atom stereocenters. The van der Waals surface area contributed by atoms with Gasteiger partial charge < -0.3 is 10.1 Å². The van der Waals surface area contributed by atoms with Crippen LogP contribution in [0.2, 0.25) is 0 Å². The minimum atomic E-state index is -3.57. The number of piperidine rings is 1. The Bertz CT molecular complexity index is 1220. The summed E-state index contributed by atoms with van der Waals surface area (Å²) in [5.74, 6) is 1.12. The highest BCUT2D eigenvalue weighted by molar-refractivity contribution is 7.89. The first-order valence-corrected chi connectivity index (χ1v) is 12.5. The lowest BCUT2D eigenvalue weighted by molar-refractivity contribution is -0.120. The predicted molar refractivity (Wildman–Crippen MR) is 129 cm³/mol. The number of ether oxygens (including phenoxy) is 1. The SMILES string of the molecule is Cc1ccc(C)c(S(=O)(=O)N2CCC(C(=O)Nc3ccc(Oc4ccccc4)cc3)CC2)c1. The first-order chi connectivity index (χ1) is 15.8. The minimum absolute atomic E-state index is 0.0875. The van der Waals surface area contributed by atoms with Crippen molar-refractivity contribution in [3.8, 4) is 11.5 Å². The molecule has 0 saturated carbocycles. The van der Waals surface area contributed by atoms with Crippen molar-refractivity contribution in [1.82, 2.24) is 4.31 Å². The first-order valence-electron chi connectivity index (χ1n) is 11.0. The molecule has 1 amide bonds. The lowest BCUT2D eigenvalue weighted by Gasteiger charge is -2.31.